The maximum absolute atomic E-state index is 13.2. The summed E-state index contributed by atoms with van der Waals surface area (Å²) < 4.78 is 18.1. The number of ketones is 1. The number of hydrogen-bond donors (Lipinski definition) is 0. The number of carbonyl (C=O) groups excluding carboxylic acids is 2. The van der Waals surface area contributed by atoms with E-state index in [-0.39, 0.29) is 23.2 Å². The standard InChI is InChI=1S/C38H54O5/c1-25(2)15-13-16-26(3)23-33(39)34(37(40)41-9)27(4)17-14-21-38(8)22-20-32-30(7)35(28(5)29(6)36(32)43-38)42-24-31-18-11-10-12-19-31/h10-12,14,17-19,25-27,34H,13,15-16,20-24H2,1-9H3/t26-,27+,34?,38-/m1/s1. The Labute approximate surface area is 260 Å². The SMILES string of the molecule is COC(=O)C(C(=O)C[C@H](C)CCCC(C)C)[C@@H](C)C=CC[C@]1(C)CCc2c(C)c(OCc3ccccc3)c(C)c(C)c2O1. The first-order valence-corrected chi connectivity index (χ1v) is 16.1. The molecule has 0 aliphatic carbocycles. The zero-order valence-electron chi connectivity index (χ0n) is 28.0. The van der Waals surface area contributed by atoms with E-state index in [9.17, 15) is 9.59 Å². The molecule has 43 heavy (non-hydrogen) atoms. The molecule has 5 nitrogen and oxygen atoms in total. The lowest BCUT2D eigenvalue weighted by atomic mass is 9.83. The van der Waals surface area contributed by atoms with Crippen LogP contribution in [0.5, 0.6) is 11.5 Å². The van der Waals surface area contributed by atoms with Crippen molar-refractivity contribution in [2.45, 2.75) is 113 Å². The molecule has 1 unspecified atom stereocenters. The Bertz CT molecular complexity index is 1260. The van der Waals surface area contributed by atoms with E-state index >= 15 is 0 Å². The highest BCUT2D eigenvalue weighted by Crippen LogP contribution is 2.45. The van der Waals surface area contributed by atoms with Crippen molar-refractivity contribution >= 4 is 11.8 Å². The third-order valence-electron chi connectivity index (χ3n) is 9.13. The minimum atomic E-state index is -0.781. The summed E-state index contributed by atoms with van der Waals surface area (Å²) in [7, 11) is 1.36. The van der Waals surface area contributed by atoms with E-state index in [1.165, 1.54) is 12.7 Å². The van der Waals surface area contributed by atoms with Gasteiger partial charge >= 0.3 is 5.97 Å². The molecule has 0 N–H and O–H groups in total. The molecule has 1 aliphatic heterocycles. The first-order valence-electron chi connectivity index (χ1n) is 16.1. The number of rotatable bonds is 15. The molecule has 0 saturated carbocycles. The van der Waals surface area contributed by atoms with E-state index in [1.54, 1.807) is 0 Å². The molecule has 2 aromatic rings. The predicted molar refractivity (Wildman–Crippen MR) is 175 cm³/mol. The summed E-state index contributed by atoms with van der Waals surface area (Å²) in [6.07, 6.45) is 10.2. The summed E-state index contributed by atoms with van der Waals surface area (Å²) >= 11 is 0. The molecule has 0 spiro atoms. The maximum Gasteiger partial charge on any atom is 0.316 e. The normalized spacial score (nSPS) is 18.6. The van der Waals surface area contributed by atoms with Crippen molar-refractivity contribution in [3.8, 4) is 11.5 Å². The molecule has 236 valence electrons. The van der Waals surface area contributed by atoms with Crippen LogP contribution in [0.25, 0.3) is 0 Å². The van der Waals surface area contributed by atoms with Crippen molar-refractivity contribution in [1.82, 2.24) is 0 Å². The highest BCUT2D eigenvalue weighted by atomic mass is 16.5. The second-order valence-electron chi connectivity index (χ2n) is 13.4. The topological polar surface area (TPSA) is 61.8 Å². The van der Waals surface area contributed by atoms with Gasteiger partial charge in [0.1, 0.15) is 35.4 Å². The Morgan fingerprint density at radius 2 is 1.70 bits per heavy atom. The molecule has 1 aliphatic rings. The first kappa shape index (κ1) is 34.4. The van der Waals surface area contributed by atoms with Gasteiger partial charge in [0.05, 0.1) is 7.11 Å². The van der Waals surface area contributed by atoms with Gasteiger partial charge in [-0.05, 0) is 80.5 Å². The van der Waals surface area contributed by atoms with Gasteiger partial charge in [-0.1, -0.05) is 89.4 Å². The van der Waals surface area contributed by atoms with Gasteiger partial charge in [-0.25, -0.2) is 0 Å². The number of allylic oxidation sites excluding steroid dienone is 1. The molecule has 1 heterocycles. The number of fused-ring (bicyclic) bond motifs is 1. The third kappa shape index (κ3) is 9.20. The van der Waals surface area contributed by atoms with Crippen molar-refractivity contribution in [3.05, 3.63) is 70.3 Å². The molecule has 0 bridgehead atoms. The summed E-state index contributed by atoms with van der Waals surface area (Å²) in [5, 5.41) is 0. The van der Waals surface area contributed by atoms with E-state index in [2.05, 4.69) is 66.7 Å². The fourth-order valence-electron chi connectivity index (χ4n) is 6.23. The molecule has 2 aromatic carbocycles. The van der Waals surface area contributed by atoms with E-state index < -0.39 is 11.9 Å². The molecule has 0 fully saturated rings. The smallest absolute Gasteiger partial charge is 0.316 e. The van der Waals surface area contributed by atoms with Gasteiger partial charge in [0.15, 0.2) is 0 Å². The molecule has 3 rings (SSSR count). The number of hydrogen-bond acceptors (Lipinski definition) is 5. The van der Waals surface area contributed by atoms with Crippen LogP contribution < -0.4 is 9.47 Å². The lowest BCUT2D eigenvalue weighted by molar-refractivity contribution is -0.151. The summed E-state index contributed by atoms with van der Waals surface area (Å²) in [6.45, 7) is 17.5. The number of methoxy groups -OCH3 is 1. The van der Waals surface area contributed by atoms with Crippen LogP contribution >= 0.6 is 0 Å². The monoisotopic (exact) mass is 590 g/mol. The van der Waals surface area contributed by atoms with Crippen molar-refractivity contribution in [2.75, 3.05) is 7.11 Å². The van der Waals surface area contributed by atoms with Crippen LogP contribution in [0.15, 0.2) is 42.5 Å². The average molecular weight is 591 g/mol. The summed E-state index contributed by atoms with van der Waals surface area (Å²) in [6, 6.07) is 10.2. The van der Waals surface area contributed by atoms with Crippen LogP contribution in [0, 0.1) is 44.4 Å². The molecular weight excluding hydrogens is 536 g/mol. The lowest BCUT2D eigenvalue weighted by Gasteiger charge is -2.38. The maximum atomic E-state index is 13.2. The van der Waals surface area contributed by atoms with E-state index in [4.69, 9.17) is 14.2 Å². The molecule has 5 heteroatoms. The number of esters is 1. The van der Waals surface area contributed by atoms with Gasteiger partial charge in [0, 0.05) is 18.4 Å². The van der Waals surface area contributed by atoms with Gasteiger partial charge in [-0.2, -0.15) is 0 Å². The average Bonchev–Trinajstić information content (AvgIpc) is 2.96. The Morgan fingerprint density at radius 1 is 1.00 bits per heavy atom. The summed E-state index contributed by atoms with van der Waals surface area (Å²) in [4.78, 5) is 25.9. The van der Waals surface area contributed by atoms with Gasteiger partial charge < -0.3 is 14.2 Å². The quantitative estimate of drug-likeness (QED) is 0.118. The fourth-order valence-corrected chi connectivity index (χ4v) is 6.23. The molecule has 0 saturated heterocycles. The van der Waals surface area contributed by atoms with Gasteiger partial charge in [0.25, 0.3) is 0 Å². The van der Waals surface area contributed by atoms with Crippen molar-refractivity contribution < 1.29 is 23.8 Å². The molecule has 4 atom stereocenters. The Balaban J connectivity index is 1.67. The molecular formula is C38H54O5. The Morgan fingerprint density at radius 3 is 2.35 bits per heavy atom. The fraction of sp³-hybridized carbons (Fsp3) is 0.579. The summed E-state index contributed by atoms with van der Waals surface area (Å²) in [5.74, 6) is 1.32. The molecule has 0 radical (unpaired) electrons. The van der Waals surface area contributed by atoms with Crippen LogP contribution in [0.1, 0.15) is 101 Å². The zero-order chi connectivity index (χ0) is 31.7. The largest absolute Gasteiger partial charge is 0.488 e. The van der Waals surface area contributed by atoms with Crippen molar-refractivity contribution in [2.24, 2.45) is 23.7 Å². The van der Waals surface area contributed by atoms with Crippen molar-refractivity contribution in [1.29, 1.82) is 0 Å². The van der Waals surface area contributed by atoms with Crippen LogP contribution in [0.3, 0.4) is 0 Å². The molecule has 0 aromatic heterocycles. The Hall–Kier alpha value is -3.08. The number of carbonyl (C=O) groups is 2. The first-order chi connectivity index (χ1) is 20.4. The number of ether oxygens (including phenoxy) is 3. The second-order valence-corrected chi connectivity index (χ2v) is 13.4. The second kappa shape index (κ2) is 15.6. The minimum Gasteiger partial charge on any atom is -0.488 e. The lowest BCUT2D eigenvalue weighted by Crippen LogP contribution is -2.36. The van der Waals surface area contributed by atoms with E-state index in [0.717, 1.165) is 65.9 Å². The Kier molecular flexibility index (Phi) is 12.5. The van der Waals surface area contributed by atoms with Crippen LogP contribution in [-0.2, 0) is 27.4 Å². The number of benzene rings is 2. The van der Waals surface area contributed by atoms with Crippen molar-refractivity contribution in [3.63, 3.8) is 0 Å². The third-order valence-corrected chi connectivity index (χ3v) is 9.13. The van der Waals surface area contributed by atoms with E-state index in [1.807, 2.05) is 31.2 Å². The van der Waals surface area contributed by atoms with E-state index in [0.29, 0.717) is 25.4 Å². The highest BCUT2D eigenvalue weighted by Gasteiger charge is 2.35. The minimum absolute atomic E-state index is 0.0260. The highest BCUT2D eigenvalue weighted by molar-refractivity contribution is 5.99. The van der Waals surface area contributed by atoms with Gasteiger partial charge in [0.2, 0.25) is 0 Å². The van der Waals surface area contributed by atoms with Gasteiger partial charge in [-0.3, -0.25) is 9.59 Å². The molecule has 0 amide bonds. The van der Waals surface area contributed by atoms with Crippen LogP contribution in [0.2, 0.25) is 0 Å². The van der Waals surface area contributed by atoms with Crippen LogP contribution in [-0.4, -0.2) is 24.5 Å². The predicted octanol–water partition coefficient (Wildman–Crippen LogP) is 9.07. The zero-order valence-corrected chi connectivity index (χ0v) is 28.0. The number of Topliss-reactive ketones (excluding diaryl/α,β-unsaturated/α-hetero) is 1. The summed E-state index contributed by atoms with van der Waals surface area (Å²) in [5.41, 5.74) is 5.37. The van der Waals surface area contributed by atoms with Crippen LogP contribution in [0.4, 0.5) is 0 Å². The van der Waals surface area contributed by atoms with Gasteiger partial charge in [-0.15, -0.1) is 0 Å².